The van der Waals surface area contributed by atoms with Crippen LogP contribution in [0.2, 0.25) is 5.02 Å². The maximum absolute atomic E-state index is 13.0. The summed E-state index contributed by atoms with van der Waals surface area (Å²) in [6.07, 6.45) is 0. The topological polar surface area (TPSA) is 82.6 Å². The summed E-state index contributed by atoms with van der Waals surface area (Å²) in [6.45, 7) is 4.27. The van der Waals surface area contributed by atoms with E-state index in [9.17, 15) is 17.6 Å². The number of piperazine rings is 1. The molecule has 1 aliphatic heterocycles. The van der Waals surface area contributed by atoms with E-state index in [1.165, 1.54) is 0 Å². The van der Waals surface area contributed by atoms with E-state index in [0.29, 0.717) is 18.1 Å². The molecule has 0 unspecified atom stereocenters. The highest BCUT2D eigenvalue weighted by molar-refractivity contribution is 7.92. The lowest BCUT2D eigenvalue weighted by Crippen LogP contribution is -2.48. The molecule has 0 radical (unpaired) electrons. The second kappa shape index (κ2) is 9.70. The molecule has 0 bridgehead atoms. The van der Waals surface area contributed by atoms with E-state index in [1.54, 1.807) is 11.3 Å². The number of nitrogens with one attached hydrogen (secondary N) is 1. The molecule has 1 aromatic heterocycles. The normalized spacial score (nSPS) is 15.2. The molecule has 1 amide bonds. The molecule has 1 fully saturated rings. The van der Waals surface area contributed by atoms with Gasteiger partial charge in [0.25, 0.3) is 0 Å². The van der Waals surface area contributed by atoms with Crippen LogP contribution < -0.4 is 10.2 Å². The smallest absolute Gasteiger partial charge is 0.235 e. The highest BCUT2D eigenvalue weighted by Crippen LogP contribution is 2.31. The van der Waals surface area contributed by atoms with Gasteiger partial charge in [0.1, 0.15) is 11.6 Å². The van der Waals surface area contributed by atoms with Gasteiger partial charge in [-0.05, 0) is 42.5 Å². The van der Waals surface area contributed by atoms with E-state index >= 15 is 0 Å². The quantitative estimate of drug-likeness (QED) is 0.506. The van der Waals surface area contributed by atoms with Gasteiger partial charge in [-0.3, -0.25) is 9.69 Å². The van der Waals surface area contributed by atoms with Crippen molar-refractivity contribution in [2.75, 3.05) is 49.9 Å². The molecule has 32 heavy (non-hydrogen) atoms. The minimum atomic E-state index is -3.80. The van der Waals surface area contributed by atoms with E-state index in [1.807, 2.05) is 18.2 Å². The number of hydrogen-bond donors (Lipinski definition) is 1. The number of benzene rings is 2. The highest BCUT2D eigenvalue weighted by Gasteiger charge is 2.21. The molecular weight excluding hydrogens is 475 g/mol. The number of carbonyl (C=O) groups is 1. The summed E-state index contributed by atoms with van der Waals surface area (Å²) in [5.41, 5.74) is 0.940. The molecule has 0 aliphatic carbocycles. The average Bonchev–Trinajstić information content (AvgIpc) is 3.17. The van der Waals surface area contributed by atoms with Gasteiger partial charge in [0, 0.05) is 44.3 Å². The molecule has 2 aromatic carbocycles. The molecule has 2 heterocycles. The zero-order chi connectivity index (χ0) is 22.7. The number of carbonyl (C=O) groups excluding carboxylic acids is 1. The Morgan fingerprint density at radius 3 is 2.56 bits per heavy atom. The van der Waals surface area contributed by atoms with Crippen molar-refractivity contribution in [3.63, 3.8) is 0 Å². The second-order valence-corrected chi connectivity index (χ2v) is 10.9. The minimum absolute atomic E-state index is 0.0673. The number of amides is 1. The van der Waals surface area contributed by atoms with E-state index in [-0.39, 0.29) is 4.90 Å². The van der Waals surface area contributed by atoms with Gasteiger partial charge in [-0.1, -0.05) is 22.9 Å². The second-order valence-electron chi connectivity index (χ2n) is 7.50. The third kappa shape index (κ3) is 5.55. The van der Waals surface area contributed by atoms with Crippen LogP contribution in [0, 0.1) is 5.82 Å². The Bertz CT molecular complexity index is 1210. The van der Waals surface area contributed by atoms with E-state index in [4.69, 9.17) is 11.6 Å². The molecule has 1 N–H and O–H groups in total. The fourth-order valence-electron chi connectivity index (χ4n) is 3.49. The Balaban J connectivity index is 1.21. The van der Waals surface area contributed by atoms with Gasteiger partial charge in [-0.15, -0.1) is 0 Å². The lowest BCUT2D eigenvalue weighted by atomic mass is 10.3. The van der Waals surface area contributed by atoms with E-state index in [0.717, 1.165) is 65.8 Å². The Morgan fingerprint density at radius 2 is 1.84 bits per heavy atom. The maximum atomic E-state index is 13.0. The monoisotopic (exact) mass is 496 g/mol. The van der Waals surface area contributed by atoms with Gasteiger partial charge in [-0.25, -0.2) is 17.8 Å². The molecule has 1 aliphatic rings. The lowest BCUT2D eigenvalue weighted by molar-refractivity contribution is -0.118. The number of anilines is 1. The van der Waals surface area contributed by atoms with Crippen LogP contribution in [0.15, 0.2) is 47.4 Å². The zero-order valence-electron chi connectivity index (χ0n) is 17.1. The number of hydrogen-bond acceptors (Lipinski definition) is 7. The van der Waals surface area contributed by atoms with E-state index in [2.05, 4.69) is 20.1 Å². The number of sulfone groups is 1. The van der Waals surface area contributed by atoms with Gasteiger partial charge < -0.3 is 10.2 Å². The number of halogens is 2. The molecule has 0 saturated carbocycles. The number of thiazole rings is 1. The Labute approximate surface area is 194 Å². The van der Waals surface area contributed by atoms with Crippen LogP contribution in [-0.2, 0) is 14.6 Å². The Kier molecular flexibility index (Phi) is 6.94. The first kappa shape index (κ1) is 22.9. The third-order valence-corrected chi connectivity index (χ3v) is 8.17. The summed E-state index contributed by atoms with van der Waals surface area (Å²) in [5, 5.41) is 4.34. The van der Waals surface area contributed by atoms with Gasteiger partial charge >= 0.3 is 0 Å². The number of aromatic nitrogens is 1. The number of nitrogens with zero attached hydrogens (tertiary/aromatic N) is 3. The fraction of sp³-hybridized carbons (Fsp3) is 0.333. The molecule has 7 nitrogen and oxygen atoms in total. The maximum Gasteiger partial charge on any atom is 0.235 e. The fourth-order valence-corrected chi connectivity index (χ4v) is 5.94. The molecule has 4 rings (SSSR count). The Morgan fingerprint density at radius 1 is 1.12 bits per heavy atom. The first-order valence-corrected chi connectivity index (χ1v) is 12.9. The molecule has 11 heteroatoms. The molecule has 3 aromatic rings. The highest BCUT2D eigenvalue weighted by atomic mass is 35.5. The van der Waals surface area contributed by atoms with Gasteiger partial charge in [-0.2, -0.15) is 0 Å². The molecule has 1 saturated heterocycles. The van der Waals surface area contributed by atoms with Gasteiger partial charge in [0.05, 0.1) is 15.1 Å². The van der Waals surface area contributed by atoms with Crippen LogP contribution in [0.3, 0.4) is 0 Å². The van der Waals surface area contributed by atoms with Crippen LogP contribution in [0.4, 0.5) is 9.52 Å². The van der Waals surface area contributed by atoms with Gasteiger partial charge in [0.15, 0.2) is 15.0 Å². The largest absolute Gasteiger partial charge is 0.354 e. The molecular formula is C21H22ClFN4O3S2. The molecule has 0 spiro atoms. The van der Waals surface area contributed by atoms with Crippen molar-refractivity contribution in [2.45, 2.75) is 4.90 Å². The first-order valence-electron chi connectivity index (χ1n) is 10.1. The predicted octanol–water partition coefficient (Wildman–Crippen LogP) is 2.80. The summed E-state index contributed by atoms with van der Waals surface area (Å²) in [5.74, 6) is -1.75. The molecule has 0 atom stereocenters. The zero-order valence-corrected chi connectivity index (χ0v) is 19.5. The van der Waals surface area contributed by atoms with Crippen LogP contribution in [0.5, 0.6) is 0 Å². The SMILES string of the molecule is O=C(CS(=O)(=O)c1ccc(F)cc1)NCCN1CCN(c2nc3ccc(Cl)cc3s2)CC1. The summed E-state index contributed by atoms with van der Waals surface area (Å²) in [4.78, 5) is 21.2. The van der Waals surface area contributed by atoms with Gasteiger partial charge in [0.2, 0.25) is 5.91 Å². The third-order valence-electron chi connectivity index (χ3n) is 5.23. The molecule has 170 valence electrons. The summed E-state index contributed by atoms with van der Waals surface area (Å²) in [7, 11) is -3.80. The van der Waals surface area contributed by atoms with Crippen LogP contribution in [0.1, 0.15) is 0 Å². The standard InChI is InChI=1S/C21H22ClFN4O3S2/c22-15-1-6-18-19(13-15)31-21(25-18)27-11-9-26(10-12-27)8-7-24-20(28)14-32(29,30)17-4-2-16(23)3-5-17/h1-6,13H,7-12,14H2,(H,24,28). The Hall–Kier alpha value is -2.27. The minimum Gasteiger partial charge on any atom is -0.354 e. The first-order chi connectivity index (χ1) is 15.3. The van der Waals surface area contributed by atoms with Crippen molar-refractivity contribution in [1.29, 1.82) is 0 Å². The number of fused-ring (bicyclic) bond motifs is 1. The van der Waals surface area contributed by atoms with Crippen LogP contribution in [0.25, 0.3) is 10.2 Å². The summed E-state index contributed by atoms with van der Waals surface area (Å²) < 4.78 is 38.6. The van der Waals surface area contributed by atoms with Crippen molar-refractivity contribution in [3.8, 4) is 0 Å². The van der Waals surface area contributed by atoms with Crippen molar-refractivity contribution < 1.29 is 17.6 Å². The van der Waals surface area contributed by atoms with Crippen molar-refractivity contribution >= 4 is 54.0 Å². The van der Waals surface area contributed by atoms with Crippen molar-refractivity contribution in [1.82, 2.24) is 15.2 Å². The van der Waals surface area contributed by atoms with Crippen molar-refractivity contribution in [3.05, 3.63) is 53.3 Å². The number of rotatable bonds is 7. The lowest BCUT2D eigenvalue weighted by Gasteiger charge is -2.34. The average molecular weight is 497 g/mol. The summed E-state index contributed by atoms with van der Waals surface area (Å²) in [6, 6.07) is 10.1. The van der Waals surface area contributed by atoms with E-state index < -0.39 is 27.3 Å². The predicted molar refractivity (Wildman–Crippen MR) is 125 cm³/mol. The van der Waals surface area contributed by atoms with Crippen molar-refractivity contribution in [2.24, 2.45) is 0 Å². The summed E-state index contributed by atoms with van der Waals surface area (Å²) >= 11 is 7.68. The van der Waals surface area contributed by atoms with Crippen LogP contribution in [-0.4, -0.2) is 69.2 Å². The van der Waals surface area contributed by atoms with Crippen LogP contribution >= 0.6 is 22.9 Å².